The molecule has 1 aromatic carbocycles. The summed E-state index contributed by atoms with van der Waals surface area (Å²) >= 11 is 0. The summed E-state index contributed by atoms with van der Waals surface area (Å²) in [4.78, 5) is 5.01. The second-order valence-corrected chi connectivity index (χ2v) is 7.88. The van der Waals surface area contributed by atoms with Crippen molar-refractivity contribution >= 4 is 0 Å². The van der Waals surface area contributed by atoms with Gasteiger partial charge in [-0.2, -0.15) is 0 Å². The number of hydrogen-bond donors (Lipinski definition) is 0. The molecule has 6 heteroatoms. The molecule has 0 unspecified atom stereocenters. The fraction of sp³-hybridized carbons (Fsp3) is 0.619. The molecule has 1 aromatic heterocycles. The summed E-state index contributed by atoms with van der Waals surface area (Å²) in [6, 6.07) is 8.33. The van der Waals surface area contributed by atoms with Crippen LogP contribution in [0.25, 0.3) is 0 Å². The summed E-state index contributed by atoms with van der Waals surface area (Å²) in [6.07, 6.45) is 4.92. The number of likely N-dealkylation sites (tertiary alicyclic amines) is 2. The Labute approximate surface area is 162 Å². The first-order chi connectivity index (χ1) is 13.2. The van der Waals surface area contributed by atoms with Gasteiger partial charge in [0.25, 0.3) is 0 Å². The van der Waals surface area contributed by atoms with E-state index in [4.69, 9.17) is 4.74 Å². The van der Waals surface area contributed by atoms with Crippen molar-refractivity contribution < 1.29 is 4.74 Å². The van der Waals surface area contributed by atoms with Crippen LogP contribution in [0.4, 0.5) is 0 Å². The maximum Gasteiger partial charge on any atom is 0.146 e. The van der Waals surface area contributed by atoms with E-state index < -0.39 is 0 Å². The summed E-state index contributed by atoms with van der Waals surface area (Å²) in [5.41, 5.74) is 1.27. The van der Waals surface area contributed by atoms with Crippen LogP contribution in [0.1, 0.15) is 48.8 Å². The number of benzene rings is 1. The predicted molar refractivity (Wildman–Crippen MR) is 106 cm³/mol. The Morgan fingerprint density at radius 1 is 0.963 bits per heavy atom. The standard InChI is InChI=1S/C21H31N5O/c1-24-20(16-25-11-5-6-12-25)22-23-21(24)17-9-13-26(14-10-17)15-18-7-3-4-8-19(18)27-2/h3-4,7-8,17H,5-6,9-16H2,1-2H3. The molecule has 2 aromatic rings. The summed E-state index contributed by atoms with van der Waals surface area (Å²) in [5, 5.41) is 9.07. The number of hydrogen-bond acceptors (Lipinski definition) is 5. The van der Waals surface area contributed by atoms with Crippen molar-refractivity contribution in [2.75, 3.05) is 33.3 Å². The molecule has 6 nitrogen and oxygen atoms in total. The van der Waals surface area contributed by atoms with Crippen molar-refractivity contribution in [2.45, 2.75) is 44.7 Å². The van der Waals surface area contributed by atoms with Gasteiger partial charge in [0, 0.05) is 25.1 Å². The van der Waals surface area contributed by atoms with Crippen molar-refractivity contribution in [2.24, 2.45) is 7.05 Å². The van der Waals surface area contributed by atoms with E-state index in [0.717, 1.165) is 50.6 Å². The zero-order valence-electron chi connectivity index (χ0n) is 16.6. The van der Waals surface area contributed by atoms with Crippen LogP contribution in [0.5, 0.6) is 5.75 Å². The summed E-state index contributed by atoms with van der Waals surface area (Å²) in [6.45, 7) is 6.48. The number of para-hydroxylation sites is 1. The van der Waals surface area contributed by atoms with E-state index in [0.29, 0.717) is 5.92 Å². The quantitative estimate of drug-likeness (QED) is 0.784. The Balaban J connectivity index is 1.34. The summed E-state index contributed by atoms with van der Waals surface area (Å²) in [5.74, 6) is 3.78. The molecular weight excluding hydrogens is 338 g/mol. The van der Waals surface area contributed by atoms with Gasteiger partial charge < -0.3 is 9.30 Å². The van der Waals surface area contributed by atoms with Crippen LogP contribution in [0.3, 0.4) is 0 Å². The number of nitrogens with zero attached hydrogens (tertiary/aromatic N) is 5. The van der Waals surface area contributed by atoms with E-state index in [1.54, 1.807) is 7.11 Å². The second-order valence-electron chi connectivity index (χ2n) is 7.88. The van der Waals surface area contributed by atoms with E-state index in [1.165, 1.54) is 37.3 Å². The first kappa shape index (κ1) is 18.4. The van der Waals surface area contributed by atoms with Crippen molar-refractivity contribution in [1.82, 2.24) is 24.6 Å². The molecule has 146 valence electrons. The number of piperidine rings is 1. The molecule has 0 N–H and O–H groups in total. The van der Waals surface area contributed by atoms with Crippen LogP contribution >= 0.6 is 0 Å². The van der Waals surface area contributed by atoms with Crippen molar-refractivity contribution in [1.29, 1.82) is 0 Å². The van der Waals surface area contributed by atoms with Gasteiger partial charge in [0.1, 0.15) is 17.4 Å². The van der Waals surface area contributed by atoms with Gasteiger partial charge in [0.2, 0.25) is 0 Å². The normalized spacial score (nSPS) is 19.6. The molecular formula is C21H31N5O. The fourth-order valence-electron chi connectivity index (χ4n) is 4.43. The summed E-state index contributed by atoms with van der Waals surface area (Å²) in [7, 11) is 3.89. The first-order valence-electron chi connectivity index (χ1n) is 10.2. The highest BCUT2D eigenvalue weighted by molar-refractivity contribution is 5.33. The molecule has 0 saturated carbocycles. The van der Waals surface area contributed by atoms with Gasteiger partial charge in [-0.15, -0.1) is 10.2 Å². The lowest BCUT2D eigenvalue weighted by atomic mass is 9.95. The van der Waals surface area contributed by atoms with Gasteiger partial charge in [0.15, 0.2) is 0 Å². The van der Waals surface area contributed by atoms with E-state index in [-0.39, 0.29) is 0 Å². The Hall–Kier alpha value is -1.92. The molecule has 0 aliphatic carbocycles. The maximum absolute atomic E-state index is 5.50. The van der Waals surface area contributed by atoms with Crippen LogP contribution < -0.4 is 4.74 Å². The Morgan fingerprint density at radius 3 is 2.41 bits per heavy atom. The highest BCUT2D eigenvalue weighted by Gasteiger charge is 2.26. The molecule has 2 aliphatic rings. The number of methoxy groups -OCH3 is 1. The second kappa shape index (κ2) is 8.40. The largest absolute Gasteiger partial charge is 0.496 e. The van der Waals surface area contributed by atoms with Gasteiger partial charge >= 0.3 is 0 Å². The lowest BCUT2D eigenvalue weighted by molar-refractivity contribution is 0.198. The molecule has 0 atom stereocenters. The lowest BCUT2D eigenvalue weighted by Gasteiger charge is -2.31. The minimum atomic E-state index is 0.517. The molecule has 0 bridgehead atoms. The van der Waals surface area contributed by atoms with Crippen molar-refractivity contribution in [3.05, 3.63) is 41.5 Å². The predicted octanol–water partition coefficient (Wildman–Crippen LogP) is 2.80. The fourth-order valence-corrected chi connectivity index (χ4v) is 4.43. The third-order valence-corrected chi connectivity index (χ3v) is 6.10. The molecule has 2 aliphatic heterocycles. The molecule has 2 fully saturated rings. The average molecular weight is 370 g/mol. The first-order valence-corrected chi connectivity index (χ1v) is 10.2. The van der Waals surface area contributed by atoms with E-state index in [1.807, 2.05) is 12.1 Å². The van der Waals surface area contributed by atoms with Crippen LogP contribution in [0.15, 0.2) is 24.3 Å². The van der Waals surface area contributed by atoms with Crippen LogP contribution in [0, 0.1) is 0 Å². The molecule has 4 rings (SSSR count). The molecule has 0 radical (unpaired) electrons. The monoisotopic (exact) mass is 369 g/mol. The van der Waals surface area contributed by atoms with Gasteiger partial charge in [-0.3, -0.25) is 9.80 Å². The highest BCUT2D eigenvalue weighted by Crippen LogP contribution is 2.29. The van der Waals surface area contributed by atoms with Crippen molar-refractivity contribution in [3.8, 4) is 5.75 Å². The van der Waals surface area contributed by atoms with Crippen LogP contribution in [-0.4, -0.2) is 57.9 Å². The zero-order valence-corrected chi connectivity index (χ0v) is 16.6. The minimum Gasteiger partial charge on any atom is -0.496 e. The van der Waals surface area contributed by atoms with Crippen LogP contribution in [0.2, 0.25) is 0 Å². The number of ether oxygens (including phenoxy) is 1. The van der Waals surface area contributed by atoms with E-state index in [2.05, 4.69) is 43.7 Å². The number of rotatable bonds is 6. The lowest BCUT2D eigenvalue weighted by Crippen LogP contribution is -2.33. The maximum atomic E-state index is 5.50. The minimum absolute atomic E-state index is 0.517. The topological polar surface area (TPSA) is 46.4 Å². The average Bonchev–Trinajstić information content (AvgIpc) is 3.34. The Bertz CT molecular complexity index is 745. The van der Waals surface area contributed by atoms with Crippen LogP contribution in [-0.2, 0) is 20.1 Å². The molecule has 27 heavy (non-hydrogen) atoms. The SMILES string of the molecule is COc1ccccc1CN1CCC(c2nnc(CN3CCCC3)n2C)CC1. The Morgan fingerprint density at radius 2 is 1.67 bits per heavy atom. The van der Waals surface area contributed by atoms with Gasteiger partial charge in [0.05, 0.1) is 13.7 Å². The third kappa shape index (κ3) is 4.17. The van der Waals surface area contributed by atoms with Gasteiger partial charge in [-0.05, 0) is 57.9 Å². The highest BCUT2D eigenvalue weighted by atomic mass is 16.5. The third-order valence-electron chi connectivity index (χ3n) is 6.10. The van der Waals surface area contributed by atoms with Gasteiger partial charge in [-0.25, -0.2) is 0 Å². The zero-order chi connectivity index (χ0) is 18.6. The Kier molecular flexibility index (Phi) is 5.74. The van der Waals surface area contributed by atoms with E-state index in [9.17, 15) is 0 Å². The smallest absolute Gasteiger partial charge is 0.146 e. The molecule has 2 saturated heterocycles. The molecule has 3 heterocycles. The molecule has 0 amide bonds. The van der Waals surface area contributed by atoms with Gasteiger partial charge in [-0.1, -0.05) is 18.2 Å². The van der Waals surface area contributed by atoms with Crippen molar-refractivity contribution in [3.63, 3.8) is 0 Å². The molecule has 0 spiro atoms. The van der Waals surface area contributed by atoms with E-state index >= 15 is 0 Å². The summed E-state index contributed by atoms with van der Waals surface area (Å²) < 4.78 is 7.75. The number of aromatic nitrogens is 3.